The number of aliphatic hydroxyl groups excluding tert-OH is 1. The van der Waals surface area contributed by atoms with E-state index in [-0.39, 0.29) is 5.82 Å². The molecule has 0 saturated carbocycles. The Morgan fingerprint density at radius 2 is 2.07 bits per heavy atom. The molecule has 0 aromatic heterocycles. The summed E-state index contributed by atoms with van der Waals surface area (Å²) in [6, 6.07) is 6.62. The molecule has 0 radical (unpaired) electrons. The van der Waals surface area contributed by atoms with E-state index in [1.54, 1.807) is 18.2 Å². The molecule has 1 aromatic carbocycles. The van der Waals surface area contributed by atoms with Crippen molar-refractivity contribution >= 4 is 0 Å². The second kappa shape index (κ2) is 5.76. The molecule has 0 aliphatic carbocycles. The third-order valence-corrected chi connectivity index (χ3v) is 2.30. The Morgan fingerprint density at radius 3 is 2.71 bits per heavy atom. The summed E-state index contributed by atoms with van der Waals surface area (Å²) in [5.41, 5.74) is 0.608. The van der Waals surface area contributed by atoms with Crippen molar-refractivity contribution < 1.29 is 9.50 Å². The minimum absolute atomic E-state index is 0.219. The molecule has 0 unspecified atom stereocenters. The highest BCUT2D eigenvalue weighted by Gasteiger charge is 2.07. The Balaban J connectivity index is 2.47. The van der Waals surface area contributed by atoms with Crippen molar-refractivity contribution in [3.63, 3.8) is 0 Å². The first-order valence-electron chi connectivity index (χ1n) is 5.15. The molecule has 1 aromatic rings. The standard InChI is InChI=1S/C12H17FO/c1-2-3-7-11(14)9-10-6-4-5-8-12(10)13/h4-6,8,11,14H,2-3,7,9H2,1H3/t11-/m0/s1. The van der Waals surface area contributed by atoms with E-state index in [1.165, 1.54) is 6.07 Å². The molecule has 1 atom stereocenters. The van der Waals surface area contributed by atoms with Crippen LogP contribution >= 0.6 is 0 Å². The van der Waals surface area contributed by atoms with Crippen LogP contribution in [-0.2, 0) is 6.42 Å². The number of halogens is 1. The first-order valence-corrected chi connectivity index (χ1v) is 5.15. The lowest BCUT2D eigenvalue weighted by Gasteiger charge is -2.10. The van der Waals surface area contributed by atoms with E-state index in [2.05, 4.69) is 6.92 Å². The number of rotatable bonds is 5. The second-order valence-electron chi connectivity index (χ2n) is 3.59. The molecule has 2 heteroatoms. The highest BCUT2D eigenvalue weighted by molar-refractivity contribution is 5.17. The SMILES string of the molecule is CCCC[C@H](O)Cc1ccccc1F. The summed E-state index contributed by atoms with van der Waals surface area (Å²) in [6.07, 6.45) is 2.83. The zero-order valence-corrected chi connectivity index (χ0v) is 8.54. The first kappa shape index (κ1) is 11.2. The van der Waals surface area contributed by atoms with Crippen molar-refractivity contribution in [3.05, 3.63) is 35.6 Å². The third-order valence-electron chi connectivity index (χ3n) is 2.30. The molecular formula is C12H17FO. The van der Waals surface area contributed by atoms with Crippen molar-refractivity contribution in [2.24, 2.45) is 0 Å². The van der Waals surface area contributed by atoms with Crippen molar-refractivity contribution in [2.45, 2.75) is 38.7 Å². The van der Waals surface area contributed by atoms with Crippen LogP contribution in [0.5, 0.6) is 0 Å². The lowest BCUT2D eigenvalue weighted by atomic mass is 10.0. The second-order valence-corrected chi connectivity index (χ2v) is 3.59. The molecule has 1 nitrogen and oxygen atoms in total. The van der Waals surface area contributed by atoms with Gasteiger partial charge >= 0.3 is 0 Å². The zero-order valence-electron chi connectivity index (χ0n) is 8.54. The van der Waals surface area contributed by atoms with Gasteiger partial charge in [0.25, 0.3) is 0 Å². The van der Waals surface area contributed by atoms with Crippen LogP contribution in [0.25, 0.3) is 0 Å². The van der Waals surface area contributed by atoms with Gasteiger partial charge in [0.2, 0.25) is 0 Å². The average molecular weight is 196 g/mol. The average Bonchev–Trinajstić information content (AvgIpc) is 2.18. The molecule has 1 N–H and O–H groups in total. The van der Waals surface area contributed by atoms with Crippen molar-refractivity contribution in [1.82, 2.24) is 0 Å². The predicted octanol–water partition coefficient (Wildman–Crippen LogP) is 2.92. The van der Waals surface area contributed by atoms with Crippen molar-refractivity contribution in [1.29, 1.82) is 0 Å². The maximum Gasteiger partial charge on any atom is 0.126 e. The molecular weight excluding hydrogens is 179 g/mol. The molecule has 0 bridgehead atoms. The topological polar surface area (TPSA) is 20.2 Å². The molecule has 0 aliphatic heterocycles. The van der Waals surface area contributed by atoms with E-state index in [1.807, 2.05) is 0 Å². The summed E-state index contributed by atoms with van der Waals surface area (Å²) in [5, 5.41) is 9.59. The van der Waals surface area contributed by atoms with Crippen molar-refractivity contribution in [2.75, 3.05) is 0 Å². The normalized spacial score (nSPS) is 12.8. The summed E-state index contributed by atoms with van der Waals surface area (Å²) in [6.45, 7) is 2.08. The van der Waals surface area contributed by atoms with Gasteiger partial charge in [-0.2, -0.15) is 0 Å². The fraction of sp³-hybridized carbons (Fsp3) is 0.500. The molecule has 0 aliphatic rings. The van der Waals surface area contributed by atoms with Gasteiger partial charge in [-0.25, -0.2) is 4.39 Å². The maximum atomic E-state index is 13.2. The van der Waals surface area contributed by atoms with Crippen LogP contribution in [-0.4, -0.2) is 11.2 Å². The Kier molecular flexibility index (Phi) is 4.60. The van der Waals surface area contributed by atoms with Gasteiger partial charge in [0, 0.05) is 6.42 Å². The molecule has 78 valence electrons. The summed E-state index contributed by atoms with van der Waals surface area (Å²) in [4.78, 5) is 0. The Morgan fingerprint density at radius 1 is 1.36 bits per heavy atom. The Hall–Kier alpha value is -0.890. The van der Waals surface area contributed by atoms with Crippen LogP contribution in [0.15, 0.2) is 24.3 Å². The highest BCUT2D eigenvalue weighted by Crippen LogP contribution is 2.12. The molecule has 0 heterocycles. The van der Waals surface area contributed by atoms with Gasteiger partial charge in [0.15, 0.2) is 0 Å². The largest absolute Gasteiger partial charge is 0.393 e. The number of unbranched alkanes of at least 4 members (excludes halogenated alkanes) is 1. The fourth-order valence-electron chi connectivity index (χ4n) is 1.46. The first-order chi connectivity index (χ1) is 6.74. The number of hydrogen-bond donors (Lipinski definition) is 1. The van der Waals surface area contributed by atoms with E-state index in [0.717, 1.165) is 19.3 Å². The van der Waals surface area contributed by atoms with Crippen LogP contribution in [0.4, 0.5) is 4.39 Å². The van der Waals surface area contributed by atoms with E-state index in [4.69, 9.17) is 0 Å². The molecule has 0 fully saturated rings. The van der Waals surface area contributed by atoms with Crippen LogP contribution in [0.3, 0.4) is 0 Å². The Labute approximate surface area is 84.6 Å². The van der Waals surface area contributed by atoms with Crippen molar-refractivity contribution in [3.8, 4) is 0 Å². The smallest absolute Gasteiger partial charge is 0.126 e. The zero-order chi connectivity index (χ0) is 10.4. The van der Waals surface area contributed by atoms with Gasteiger partial charge in [-0.05, 0) is 18.1 Å². The van der Waals surface area contributed by atoms with Gasteiger partial charge in [-0.3, -0.25) is 0 Å². The molecule has 14 heavy (non-hydrogen) atoms. The van der Waals surface area contributed by atoms with E-state index in [9.17, 15) is 9.50 Å². The maximum absolute atomic E-state index is 13.2. The highest BCUT2D eigenvalue weighted by atomic mass is 19.1. The van der Waals surface area contributed by atoms with E-state index >= 15 is 0 Å². The van der Waals surface area contributed by atoms with Crippen LogP contribution in [0, 0.1) is 5.82 Å². The van der Waals surface area contributed by atoms with Crippen LogP contribution in [0.1, 0.15) is 31.7 Å². The lowest BCUT2D eigenvalue weighted by molar-refractivity contribution is 0.160. The van der Waals surface area contributed by atoms with Gasteiger partial charge < -0.3 is 5.11 Å². The summed E-state index contributed by atoms with van der Waals surface area (Å²) >= 11 is 0. The Bertz CT molecular complexity index is 273. The van der Waals surface area contributed by atoms with Gasteiger partial charge in [-0.15, -0.1) is 0 Å². The summed E-state index contributed by atoms with van der Waals surface area (Å²) in [7, 11) is 0. The van der Waals surface area contributed by atoms with Gasteiger partial charge in [0.1, 0.15) is 5.82 Å². The summed E-state index contributed by atoms with van der Waals surface area (Å²) < 4.78 is 13.2. The lowest BCUT2D eigenvalue weighted by Crippen LogP contribution is -2.11. The minimum atomic E-state index is -0.410. The number of hydrogen-bond acceptors (Lipinski definition) is 1. The summed E-state index contributed by atoms with van der Waals surface area (Å²) in [5.74, 6) is -0.219. The van der Waals surface area contributed by atoms with Gasteiger partial charge in [0.05, 0.1) is 6.10 Å². The molecule has 0 spiro atoms. The molecule has 1 rings (SSSR count). The fourth-order valence-corrected chi connectivity index (χ4v) is 1.46. The molecule has 0 amide bonds. The van der Waals surface area contributed by atoms with Crippen LogP contribution in [0.2, 0.25) is 0 Å². The monoisotopic (exact) mass is 196 g/mol. The molecule has 0 saturated heterocycles. The number of benzene rings is 1. The van der Waals surface area contributed by atoms with E-state index in [0.29, 0.717) is 12.0 Å². The predicted molar refractivity (Wildman–Crippen MR) is 55.6 cm³/mol. The number of aliphatic hydroxyl groups is 1. The van der Waals surface area contributed by atoms with Crippen LogP contribution < -0.4 is 0 Å². The quantitative estimate of drug-likeness (QED) is 0.767. The minimum Gasteiger partial charge on any atom is -0.393 e. The van der Waals surface area contributed by atoms with Gasteiger partial charge in [-0.1, -0.05) is 38.0 Å². The van der Waals surface area contributed by atoms with E-state index < -0.39 is 6.10 Å². The third kappa shape index (κ3) is 3.46.